The van der Waals surface area contributed by atoms with Crippen molar-refractivity contribution >= 4 is 21.4 Å². The van der Waals surface area contributed by atoms with Crippen LogP contribution in [-0.2, 0) is 20.4 Å². The molecule has 0 spiro atoms. The Hall–Kier alpha value is -3.12. The molecule has 30 heavy (non-hydrogen) atoms. The van der Waals surface area contributed by atoms with Crippen LogP contribution in [0.4, 0.5) is 5.69 Å². The standard InChI is InChI=1S/C24H25NO4S/c1-19(2)25(21-12-5-3-6-13-21)24(26)18-30(27,28)17-20-11-9-10-16-23(20)29-22-14-7-4-8-15-22/h3-16,19H,17-18H2,1-2H3. The minimum absolute atomic E-state index is 0.163. The number of carbonyl (C=O) groups is 1. The largest absolute Gasteiger partial charge is 0.457 e. The van der Waals surface area contributed by atoms with Crippen LogP contribution in [-0.4, -0.2) is 26.1 Å². The number of ether oxygens (including phenoxy) is 1. The molecule has 0 aliphatic heterocycles. The number of carbonyl (C=O) groups excluding carboxylic acids is 1. The number of amides is 1. The van der Waals surface area contributed by atoms with E-state index in [1.807, 2.05) is 50.2 Å². The maximum absolute atomic E-state index is 12.9. The van der Waals surface area contributed by atoms with Crippen molar-refractivity contribution in [1.82, 2.24) is 0 Å². The number of rotatable bonds is 8. The highest BCUT2D eigenvalue weighted by molar-refractivity contribution is 7.91. The Morgan fingerprint density at radius 1 is 0.867 bits per heavy atom. The molecule has 156 valence electrons. The molecule has 5 nitrogen and oxygen atoms in total. The highest BCUT2D eigenvalue weighted by atomic mass is 32.2. The summed E-state index contributed by atoms with van der Waals surface area (Å²) in [6, 6.07) is 25.1. The fraction of sp³-hybridized carbons (Fsp3) is 0.208. The molecular formula is C24H25NO4S. The average Bonchev–Trinajstić information content (AvgIpc) is 2.70. The zero-order valence-corrected chi connectivity index (χ0v) is 17.9. The van der Waals surface area contributed by atoms with Crippen LogP contribution in [0.5, 0.6) is 11.5 Å². The third-order valence-corrected chi connectivity index (χ3v) is 5.92. The summed E-state index contributed by atoms with van der Waals surface area (Å²) in [5.74, 6) is -0.211. The first kappa shape index (κ1) is 21.6. The lowest BCUT2D eigenvalue weighted by atomic mass is 10.2. The molecule has 0 unspecified atom stereocenters. The first-order chi connectivity index (χ1) is 14.4. The number of hydrogen-bond donors (Lipinski definition) is 0. The van der Waals surface area contributed by atoms with Crippen LogP contribution in [0.25, 0.3) is 0 Å². The van der Waals surface area contributed by atoms with Gasteiger partial charge in [-0.2, -0.15) is 0 Å². The molecule has 3 aromatic carbocycles. The van der Waals surface area contributed by atoms with Crippen molar-refractivity contribution in [2.24, 2.45) is 0 Å². The summed E-state index contributed by atoms with van der Waals surface area (Å²) in [5, 5.41) is 0. The zero-order chi connectivity index (χ0) is 21.6. The van der Waals surface area contributed by atoms with Crippen molar-refractivity contribution in [3.8, 4) is 11.5 Å². The third-order valence-electron chi connectivity index (χ3n) is 4.48. The molecule has 0 N–H and O–H groups in total. The quantitative estimate of drug-likeness (QED) is 0.520. The molecule has 0 saturated heterocycles. The Labute approximate surface area is 177 Å². The van der Waals surface area contributed by atoms with E-state index in [9.17, 15) is 13.2 Å². The van der Waals surface area contributed by atoms with E-state index in [4.69, 9.17) is 4.74 Å². The predicted molar refractivity (Wildman–Crippen MR) is 120 cm³/mol. The fourth-order valence-electron chi connectivity index (χ4n) is 3.20. The van der Waals surface area contributed by atoms with Gasteiger partial charge in [-0.05, 0) is 44.2 Å². The molecule has 3 rings (SSSR count). The fourth-order valence-corrected chi connectivity index (χ4v) is 4.53. The predicted octanol–water partition coefficient (Wildman–Crippen LogP) is 4.84. The Bertz CT molecular complexity index is 1080. The molecule has 6 heteroatoms. The molecule has 0 heterocycles. The summed E-state index contributed by atoms with van der Waals surface area (Å²) in [7, 11) is -3.71. The smallest absolute Gasteiger partial charge is 0.242 e. The van der Waals surface area contributed by atoms with Crippen LogP contribution in [0.1, 0.15) is 19.4 Å². The minimum Gasteiger partial charge on any atom is -0.457 e. The van der Waals surface area contributed by atoms with Crippen molar-refractivity contribution in [3.05, 3.63) is 90.5 Å². The molecule has 0 aliphatic carbocycles. The molecule has 1 amide bonds. The van der Waals surface area contributed by atoms with Crippen LogP contribution in [0.3, 0.4) is 0 Å². The molecular weight excluding hydrogens is 398 g/mol. The summed E-state index contributed by atoms with van der Waals surface area (Å²) in [5.41, 5.74) is 1.20. The van der Waals surface area contributed by atoms with Crippen molar-refractivity contribution in [2.45, 2.75) is 25.6 Å². The van der Waals surface area contributed by atoms with Gasteiger partial charge in [-0.15, -0.1) is 0 Å². The molecule has 0 aromatic heterocycles. The molecule has 0 atom stereocenters. The second-order valence-corrected chi connectivity index (χ2v) is 9.31. The highest BCUT2D eigenvalue weighted by Crippen LogP contribution is 2.27. The number of benzene rings is 3. The number of sulfone groups is 1. The molecule has 0 bridgehead atoms. The van der Waals surface area contributed by atoms with Crippen LogP contribution in [0.2, 0.25) is 0 Å². The molecule has 0 radical (unpaired) electrons. The lowest BCUT2D eigenvalue weighted by molar-refractivity contribution is -0.116. The summed E-state index contributed by atoms with van der Waals surface area (Å²) in [6.07, 6.45) is 0. The lowest BCUT2D eigenvalue weighted by Gasteiger charge is -2.27. The normalized spacial score (nSPS) is 11.3. The average molecular weight is 424 g/mol. The molecule has 0 fully saturated rings. The van der Waals surface area contributed by atoms with Crippen molar-refractivity contribution in [2.75, 3.05) is 10.7 Å². The van der Waals surface area contributed by atoms with E-state index in [0.29, 0.717) is 22.7 Å². The minimum atomic E-state index is -3.71. The van der Waals surface area contributed by atoms with Crippen molar-refractivity contribution in [1.29, 1.82) is 0 Å². The van der Waals surface area contributed by atoms with E-state index < -0.39 is 21.5 Å². The van der Waals surface area contributed by atoms with E-state index in [1.165, 1.54) is 4.90 Å². The van der Waals surface area contributed by atoms with Crippen LogP contribution in [0, 0.1) is 0 Å². The van der Waals surface area contributed by atoms with Gasteiger partial charge in [-0.3, -0.25) is 4.79 Å². The third kappa shape index (κ3) is 5.70. The second kappa shape index (κ2) is 9.59. The Kier molecular flexibility index (Phi) is 6.90. The lowest BCUT2D eigenvalue weighted by Crippen LogP contribution is -2.40. The SMILES string of the molecule is CC(C)N(C(=O)CS(=O)(=O)Cc1ccccc1Oc1ccccc1)c1ccccc1. The van der Waals surface area contributed by atoms with Crippen LogP contribution in [0.15, 0.2) is 84.9 Å². The first-order valence-corrected chi connectivity index (χ1v) is 11.6. The first-order valence-electron chi connectivity index (χ1n) is 9.74. The maximum Gasteiger partial charge on any atom is 0.242 e. The van der Waals surface area contributed by atoms with Gasteiger partial charge in [0, 0.05) is 17.3 Å². The van der Waals surface area contributed by atoms with Gasteiger partial charge in [-0.1, -0.05) is 54.6 Å². The maximum atomic E-state index is 12.9. The summed E-state index contributed by atoms with van der Waals surface area (Å²) < 4.78 is 31.6. The van der Waals surface area contributed by atoms with E-state index in [2.05, 4.69) is 0 Å². The van der Waals surface area contributed by atoms with Gasteiger partial charge in [0.15, 0.2) is 9.84 Å². The number of anilines is 1. The Morgan fingerprint density at radius 3 is 2.07 bits per heavy atom. The van der Waals surface area contributed by atoms with E-state index in [-0.39, 0.29) is 11.8 Å². The van der Waals surface area contributed by atoms with Gasteiger partial charge in [-0.25, -0.2) is 8.42 Å². The Morgan fingerprint density at radius 2 is 1.43 bits per heavy atom. The monoisotopic (exact) mass is 423 g/mol. The van der Waals surface area contributed by atoms with Crippen LogP contribution >= 0.6 is 0 Å². The van der Waals surface area contributed by atoms with E-state index in [1.54, 1.807) is 48.5 Å². The molecule has 0 aliphatic rings. The van der Waals surface area contributed by atoms with Gasteiger partial charge < -0.3 is 9.64 Å². The topological polar surface area (TPSA) is 63.7 Å². The molecule has 3 aromatic rings. The van der Waals surface area contributed by atoms with Crippen molar-refractivity contribution in [3.63, 3.8) is 0 Å². The van der Waals surface area contributed by atoms with Gasteiger partial charge in [0.1, 0.15) is 17.3 Å². The zero-order valence-electron chi connectivity index (χ0n) is 17.1. The van der Waals surface area contributed by atoms with Gasteiger partial charge >= 0.3 is 0 Å². The molecule has 0 saturated carbocycles. The van der Waals surface area contributed by atoms with E-state index >= 15 is 0 Å². The van der Waals surface area contributed by atoms with Gasteiger partial charge in [0.05, 0.1) is 5.75 Å². The summed E-state index contributed by atoms with van der Waals surface area (Å²) in [6.45, 7) is 3.72. The number of para-hydroxylation sites is 3. The summed E-state index contributed by atoms with van der Waals surface area (Å²) in [4.78, 5) is 14.4. The van der Waals surface area contributed by atoms with Gasteiger partial charge in [0.25, 0.3) is 0 Å². The second-order valence-electron chi connectivity index (χ2n) is 7.25. The number of hydrogen-bond acceptors (Lipinski definition) is 4. The summed E-state index contributed by atoms with van der Waals surface area (Å²) >= 11 is 0. The van der Waals surface area contributed by atoms with Crippen molar-refractivity contribution < 1.29 is 17.9 Å². The van der Waals surface area contributed by atoms with Crippen LogP contribution < -0.4 is 9.64 Å². The van der Waals surface area contributed by atoms with Gasteiger partial charge in [0.2, 0.25) is 5.91 Å². The van der Waals surface area contributed by atoms with E-state index in [0.717, 1.165) is 0 Å². The number of nitrogens with zero attached hydrogens (tertiary/aromatic N) is 1. The Balaban J connectivity index is 1.78. The highest BCUT2D eigenvalue weighted by Gasteiger charge is 2.26.